The first-order valence-electron chi connectivity index (χ1n) is 16.0. The molecule has 9 atom stereocenters. The van der Waals surface area contributed by atoms with Crippen molar-refractivity contribution in [3.05, 3.63) is 59.7 Å². The number of carbonyl (C=O) groups is 3. The fraction of sp³-hybridized carbons (Fsp3) is 0.629. The minimum atomic E-state index is -0.993. The minimum absolute atomic E-state index is 0.0156. The number of esters is 1. The highest BCUT2D eigenvalue weighted by molar-refractivity contribution is 7.99. The Morgan fingerprint density at radius 1 is 1.16 bits per heavy atom. The molecule has 7 nitrogen and oxygen atoms in total. The lowest BCUT2D eigenvalue weighted by Gasteiger charge is -2.60. The van der Waals surface area contributed by atoms with Gasteiger partial charge in [-0.1, -0.05) is 55.8 Å². The van der Waals surface area contributed by atoms with Gasteiger partial charge in [-0.2, -0.15) is 16.8 Å². The number of Topliss-reactive ketones (excluding diaryl/α,β-unsaturated/α-hetero) is 1. The number of hydroxylamine groups is 2. The number of nitrogens with zero attached hydrogens (tertiary/aromatic N) is 1. The number of hydrogen-bond acceptors (Lipinski definition) is 8. The highest BCUT2D eigenvalue weighted by Gasteiger charge is 2.75. The van der Waals surface area contributed by atoms with E-state index in [0.29, 0.717) is 31.9 Å². The van der Waals surface area contributed by atoms with Crippen molar-refractivity contribution in [1.82, 2.24) is 5.06 Å². The molecule has 5 fully saturated rings. The number of carbonyl (C=O) groups excluding carboxylic acids is 3. The van der Waals surface area contributed by atoms with E-state index in [9.17, 15) is 19.5 Å². The number of allylic oxidation sites excluding steroid dienone is 4. The molecular weight excluding hydrogens is 562 g/mol. The van der Waals surface area contributed by atoms with Crippen molar-refractivity contribution in [3.8, 4) is 0 Å². The first-order valence-corrected chi connectivity index (χ1v) is 17.2. The van der Waals surface area contributed by atoms with E-state index in [-0.39, 0.29) is 52.5 Å². The van der Waals surface area contributed by atoms with Crippen LogP contribution in [0.15, 0.2) is 54.1 Å². The molecule has 2 aliphatic heterocycles. The lowest BCUT2D eigenvalue weighted by molar-refractivity contribution is -0.252. The normalized spacial score (nSPS) is 41.7. The molecule has 4 aliphatic carbocycles. The molecule has 9 unspecified atom stereocenters. The number of aliphatic hydroxyl groups is 1. The Balaban J connectivity index is 1.16. The van der Waals surface area contributed by atoms with Crippen LogP contribution in [0, 0.1) is 40.4 Å². The van der Waals surface area contributed by atoms with Crippen LogP contribution in [-0.2, 0) is 30.5 Å². The lowest BCUT2D eigenvalue weighted by atomic mass is 9.46. The van der Waals surface area contributed by atoms with Crippen LogP contribution >= 0.6 is 11.8 Å². The molecule has 1 N–H and O–H groups in total. The number of rotatable bonds is 8. The number of ether oxygens (including phenoxy) is 1. The fourth-order valence-electron chi connectivity index (χ4n) is 10.1. The second-order valence-electron chi connectivity index (χ2n) is 14.2. The molecular formula is C35H43NO6S. The number of thioether (sulfide) groups is 1. The summed E-state index contributed by atoms with van der Waals surface area (Å²) < 4.78 is 5.12. The largest absolute Gasteiger partial charge is 0.465 e. The predicted molar refractivity (Wildman–Crippen MR) is 164 cm³/mol. The van der Waals surface area contributed by atoms with Crippen LogP contribution in [0.5, 0.6) is 0 Å². The molecule has 6 aliphatic rings. The average molecular weight is 606 g/mol. The molecule has 1 aromatic carbocycles. The molecule has 2 saturated heterocycles. The highest BCUT2D eigenvalue weighted by Crippen LogP contribution is 2.70. The zero-order chi connectivity index (χ0) is 30.0. The van der Waals surface area contributed by atoms with Crippen molar-refractivity contribution in [3.63, 3.8) is 0 Å². The van der Waals surface area contributed by atoms with Gasteiger partial charge >= 0.3 is 5.97 Å². The van der Waals surface area contributed by atoms with Gasteiger partial charge in [-0.05, 0) is 73.8 Å². The van der Waals surface area contributed by atoms with Crippen molar-refractivity contribution in [2.75, 3.05) is 24.7 Å². The zero-order valence-electron chi connectivity index (χ0n) is 25.2. The van der Waals surface area contributed by atoms with Crippen LogP contribution in [0.4, 0.5) is 0 Å². The molecule has 2 heterocycles. The number of cyclic esters (lactones) is 1. The lowest BCUT2D eigenvalue weighted by Crippen LogP contribution is -2.63. The maximum Gasteiger partial charge on any atom is 0.309 e. The molecule has 8 heteroatoms. The Bertz CT molecular complexity index is 1360. The first-order chi connectivity index (χ1) is 20.7. The smallest absolute Gasteiger partial charge is 0.309 e. The van der Waals surface area contributed by atoms with Crippen LogP contribution in [0.1, 0.15) is 57.9 Å². The Morgan fingerprint density at radius 3 is 2.74 bits per heavy atom. The first kappa shape index (κ1) is 29.5. The van der Waals surface area contributed by atoms with Gasteiger partial charge in [-0.3, -0.25) is 19.2 Å². The summed E-state index contributed by atoms with van der Waals surface area (Å²) in [6, 6.07) is 10.2. The molecule has 43 heavy (non-hydrogen) atoms. The van der Waals surface area contributed by atoms with Gasteiger partial charge in [-0.15, -0.1) is 0 Å². The third-order valence-electron chi connectivity index (χ3n) is 12.0. The molecule has 3 saturated carbocycles. The molecule has 7 rings (SSSR count). The van der Waals surface area contributed by atoms with Crippen LogP contribution in [0.25, 0.3) is 0 Å². The number of hydrogen-bond donors (Lipinski definition) is 1. The van der Waals surface area contributed by atoms with Gasteiger partial charge in [0.2, 0.25) is 0 Å². The summed E-state index contributed by atoms with van der Waals surface area (Å²) >= 11 is 1.60. The molecule has 0 bridgehead atoms. The summed E-state index contributed by atoms with van der Waals surface area (Å²) in [5, 5.41) is 14.0. The molecule has 0 spiro atoms. The van der Waals surface area contributed by atoms with Crippen molar-refractivity contribution in [2.24, 2.45) is 40.4 Å². The highest BCUT2D eigenvalue weighted by atomic mass is 32.2. The van der Waals surface area contributed by atoms with Crippen LogP contribution in [-0.4, -0.2) is 64.1 Å². The number of benzene rings is 1. The monoisotopic (exact) mass is 605 g/mol. The molecule has 0 radical (unpaired) electrons. The fourth-order valence-corrected chi connectivity index (χ4v) is 11.1. The minimum Gasteiger partial charge on any atom is -0.465 e. The maximum absolute atomic E-state index is 14.6. The van der Waals surface area contributed by atoms with E-state index in [1.807, 2.05) is 29.3 Å². The second kappa shape index (κ2) is 11.0. The Hall–Kier alpha value is -2.26. The zero-order valence-corrected chi connectivity index (χ0v) is 26.0. The van der Waals surface area contributed by atoms with Gasteiger partial charge in [0.05, 0.1) is 24.4 Å². The van der Waals surface area contributed by atoms with Gasteiger partial charge < -0.3 is 9.84 Å². The van der Waals surface area contributed by atoms with Crippen molar-refractivity contribution in [1.29, 1.82) is 0 Å². The van der Waals surface area contributed by atoms with Crippen LogP contribution < -0.4 is 0 Å². The van der Waals surface area contributed by atoms with E-state index < -0.39 is 17.1 Å². The van der Waals surface area contributed by atoms with E-state index in [1.165, 1.54) is 0 Å². The molecule has 0 aromatic heterocycles. The third-order valence-corrected chi connectivity index (χ3v) is 13.0. The number of aliphatic hydroxyl groups excluding tert-OH is 1. The van der Waals surface area contributed by atoms with Gasteiger partial charge in [0, 0.05) is 35.8 Å². The van der Waals surface area contributed by atoms with Gasteiger partial charge in [-0.25, -0.2) is 0 Å². The molecule has 230 valence electrons. The summed E-state index contributed by atoms with van der Waals surface area (Å²) in [5.74, 6) is 1.59. The molecule has 1 aromatic rings. The van der Waals surface area contributed by atoms with Gasteiger partial charge in [0.1, 0.15) is 0 Å². The van der Waals surface area contributed by atoms with Crippen molar-refractivity contribution < 1.29 is 29.1 Å². The summed E-state index contributed by atoms with van der Waals surface area (Å²) in [7, 11) is 0. The third kappa shape index (κ3) is 4.62. The van der Waals surface area contributed by atoms with Gasteiger partial charge in [0.25, 0.3) is 0 Å². The summed E-state index contributed by atoms with van der Waals surface area (Å²) in [5.41, 5.74) is 0.437. The summed E-state index contributed by atoms with van der Waals surface area (Å²) in [6.07, 6.45) is 9.55. The van der Waals surface area contributed by atoms with E-state index in [1.54, 1.807) is 23.9 Å². The Labute approximate surface area is 258 Å². The maximum atomic E-state index is 14.6. The SMILES string of the molecule is CC12C=CC(=O)C=C1CCC1C2C(O)CC2(C)C1CC1CN(Cc3ccccc3)OC12C(=O)CSCCC1CCOC1=O. The quantitative estimate of drug-likeness (QED) is 0.329. The van der Waals surface area contributed by atoms with Crippen molar-refractivity contribution in [2.45, 2.75) is 70.6 Å². The number of ketones is 2. The average Bonchev–Trinajstić information content (AvgIpc) is 3.63. The Morgan fingerprint density at radius 2 is 1.98 bits per heavy atom. The predicted octanol–water partition coefficient (Wildman–Crippen LogP) is 4.93. The van der Waals surface area contributed by atoms with E-state index in [4.69, 9.17) is 9.57 Å². The van der Waals surface area contributed by atoms with Crippen LogP contribution in [0.2, 0.25) is 0 Å². The van der Waals surface area contributed by atoms with E-state index in [0.717, 1.165) is 49.0 Å². The van der Waals surface area contributed by atoms with Crippen LogP contribution in [0.3, 0.4) is 0 Å². The van der Waals surface area contributed by atoms with Gasteiger partial charge in [0.15, 0.2) is 17.2 Å². The standard InChI is InChI=1S/C35H43NO6S/c1-33-13-10-26(37)16-24(33)8-9-27-28-17-25-20-36(19-22-6-4-3-5-7-22)42-35(25,34(28,2)18-29(38)31(27)33)30(39)21-43-15-12-23-11-14-41-32(23)40/h3-7,10,13,16,23,25,27-29,31,38H,8-9,11-12,14-15,17-21H2,1-2H3. The van der Waals surface area contributed by atoms with E-state index in [2.05, 4.69) is 26.0 Å². The summed E-state index contributed by atoms with van der Waals surface area (Å²) in [4.78, 5) is 45.7. The summed E-state index contributed by atoms with van der Waals surface area (Å²) in [6.45, 7) is 6.21. The second-order valence-corrected chi connectivity index (χ2v) is 15.3. The molecule has 0 amide bonds. The van der Waals surface area contributed by atoms with E-state index >= 15 is 0 Å². The Kier molecular flexibility index (Phi) is 7.51. The van der Waals surface area contributed by atoms with Crippen molar-refractivity contribution >= 4 is 29.3 Å². The topological polar surface area (TPSA) is 93.1 Å². The number of fused-ring (bicyclic) bond motifs is 7.